The zero-order valence-electron chi connectivity index (χ0n) is 10.1. The number of thiazole rings is 1. The van der Waals surface area contributed by atoms with E-state index in [0.29, 0.717) is 6.04 Å². The average molecular weight is 254 g/mol. The molecule has 0 aromatic carbocycles. The summed E-state index contributed by atoms with van der Waals surface area (Å²) in [5, 5.41) is 13.1. The Morgan fingerprint density at radius 3 is 2.82 bits per heavy atom. The van der Waals surface area contributed by atoms with Gasteiger partial charge in [-0.15, -0.1) is 11.3 Å². The van der Waals surface area contributed by atoms with Crippen molar-refractivity contribution in [3.63, 3.8) is 0 Å². The van der Waals surface area contributed by atoms with Gasteiger partial charge in [-0.25, -0.2) is 4.98 Å². The van der Waals surface area contributed by atoms with Crippen LogP contribution in [0.2, 0.25) is 0 Å². The van der Waals surface area contributed by atoms with Crippen molar-refractivity contribution in [3.05, 3.63) is 16.1 Å². The lowest BCUT2D eigenvalue weighted by Crippen LogP contribution is -3.11. The fourth-order valence-corrected chi connectivity index (χ4v) is 3.32. The molecule has 94 valence electrons. The molecule has 1 unspecified atom stereocenters. The van der Waals surface area contributed by atoms with E-state index in [0.717, 1.165) is 11.6 Å². The van der Waals surface area contributed by atoms with Crippen LogP contribution in [0.3, 0.4) is 0 Å². The summed E-state index contributed by atoms with van der Waals surface area (Å²) in [6.45, 7) is 0.822. The highest BCUT2D eigenvalue weighted by Gasteiger charge is 2.22. The summed E-state index contributed by atoms with van der Waals surface area (Å²) in [6.07, 6.45) is 6.57. The minimum absolute atomic E-state index is 0.0708. The van der Waals surface area contributed by atoms with Gasteiger partial charge in [0.2, 0.25) is 0 Å². The van der Waals surface area contributed by atoms with E-state index >= 15 is 0 Å². The van der Waals surface area contributed by atoms with E-state index < -0.39 is 5.97 Å². The van der Waals surface area contributed by atoms with Gasteiger partial charge in [0.25, 0.3) is 0 Å². The molecule has 1 atom stereocenters. The Morgan fingerprint density at radius 1 is 1.53 bits per heavy atom. The predicted molar refractivity (Wildman–Crippen MR) is 63.9 cm³/mol. The molecule has 1 saturated carbocycles. The first-order valence-corrected chi connectivity index (χ1v) is 7.03. The van der Waals surface area contributed by atoms with Gasteiger partial charge in [-0.2, -0.15) is 0 Å². The SMILES string of the molecule is C[NH+](Cc1nc(C(=O)[O-])cs1)C1CCCCC1. The van der Waals surface area contributed by atoms with Gasteiger partial charge in [0.05, 0.1) is 24.8 Å². The topological polar surface area (TPSA) is 57.5 Å². The number of aromatic nitrogens is 1. The van der Waals surface area contributed by atoms with Crippen LogP contribution >= 0.6 is 11.3 Å². The van der Waals surface area contributed by atoms with E-state index in [9.17, 15) is 9.90 Å². The van der Waals surface area contributed by atoms with E-state index in [1.165, 1.54) is 48.3 Å². The Morgan fingerprint density at radius 2 is 2.24 bits per heavy atom. The zero-order chi connectivity index (χ0) is 12.3. The highest BCUT2D eigenvalue weighted by molar-refractivity contribution is 7.09. The highest BCUT2D eigenvalue weighted by atomic mass is 32.1. The maximum absolute atomic E-state index is 10.6. The first-order valence-electron chi connectivity index (χ1n) is 6.15. The van der Waals surface area contributed by atoms with Gasteiger partial charge in [-0.05, 0) is 25.7 Å². The molecule has 1 heterocycles. The molecule has 1 N–H and O–H groups in total. The highest BCUT2D eigenvalue weighted by Crippen LogP contribution is 2.16. The van der Waals surface area contributed by atoms with Crippen LogP contribution in [-0.4, -0.2) is 24.0 Å². The van der Waals surface area contributed by atoms with Crippen LogP contribution < -0.4 is 10.0 Å². The number of aromatic carboxylic acids is 1. The fraction of sp³-hybridized carbons (Fsp3) is 0.667. The van der Waals surface area contributed by atoms with Crippen molar-refractivity contribution >= 4 is 17.3 Å². The monoisotopic (exact) mass is 254 g/mol. The number of quaternary nitrogens is 1. The van der Waals surface area contributed by atoms with Gasteiger partial charge in [0.1, 0.15) is 11.6 Å². The van der Waals surface area contributed by atoms with Gasteiger partial charge < -0.3 is 14.8 Å². The van der Waals surface area contributed by atoms with E-state index in [1.807, 2.05) is 0 Å². The average Bonchev–Trinajstić information content (AvgIpc) is 2.79. The number of carbonyl (C=O) groups excluding carboxylic acids is 1. The van der Waals surface area contributed by atoms with Gasteiger partial charge in [0.15, 0.2) is 0 Å². The zero-order valence-corrected chi connectivity index (χ0v) is 10.9. The van der Waals surface area contributed by atoms with Crippen LogP contribution in [0.4, 0.5) is 0 Å². The number of nitrogens with one attached hydrogen (secondary N) is 1. The molecule has 0 bridgehead atoms. The third kappa shape index (κ3) is 3.26. The van der Waals surface area contributed by atoms with Crippen LogP contribution in [0.25, 0.3) is 0 Å². The second kappa shape index (κ2) is 5.60. The summed E-state index contributed by atoms with van der Waals surface area (Å²) in [5.74, 6) is -1.18. The summed E-state index contributed by atoms with van der Waals surface area (Å²) in [6, 6.07) is 0.707. The predicted octanol–water partition coefficient (Wildman–Crippen LogP) is -0.146. The lowest BCUT2D eigenvalue weighted by molar-refractivity contribution is -0.921. The Bertz CT molecular complexity index is 386. The quantitative estimate of drug-likeness (QED) is 0.813. The third-order valence-corrected chi connectivity index (χ3v) is 4.34. The van der Waals surface area contributed by atoms with Crippen molar-refractivity contribution in [2.75, 3.05) is 7.05 Å². The van der Waals surface area contributed by atoms with Crippen molar-refractivity contribution < 1.29 is 14.8 Å². The molecular weight excluding hydrogens is 236 g/mol. The van der Waals surface area contributed by atoms with Gasteiger partial charge in [0, 0.05) is 5.38 Å². The molecule has 5 heteroatoms. The van der Waals surface area contributed by atoms with E-state index in [2.05, 4.69) is 12.0 Å². The van der Waals surface area contributed by atoms with Crippen molar-refractivity contribution in [1.29, 1.82) is 0 Å². The maximum atomic E-state index is 10.6. The molecule has 0 amide bonds. The molecule has 4 nitrogen and oxygen atoms in total. The summed E-state index contributed by atoms with van der Waals surface area (Å²) < 4.78 is 0. The third-order valence-electron chi connectivity index (χ3n) is 3.49. The summed E-state index contributed by atoms with van der Waals surface area (Å²) in [5.41, 5.74) is 0.0708. The number of carboxylic acids is 1. The number of hydrogen-bond donors (Lipinski definition) is 1. The lowest BCUT2D eigenvalue weighted by Gasteiger charge is -2.27. The van der Waals surface area contributed by atoms with Crippen LogP contribution in [0.1, 0.15) is 47.6 Å². The number of hydrogen-bond acceptors (Lipinski definition) is 4. The minimum Gasteiger partial charge on any atom is -0.543 e. The molecule has 0 saturated heterocycles. The number of rotatable bonds is 4. The summed E-state index contributed by atoms with van der Waals surface area (Å²) in [7, 11) is 2.18. The number of nitrogens with zero attached hydrogens (tertiary/aromatic N) is 1. The van der Waals surface area contributed by atoms with Crippen LogP contribution in [0, 0.1) is 0 Å². The molecule has 17 heavy (non-hydrogen) atoms. The van der Waals surface area contributed by atoms with Crippen LogP contribution in [-0.2, 0) is 6.54 Å². The van der Waals surface area contributed by atoms with E-state index in [4.69, 9.17) is 0 Å². The number of carboxylic acid groups (broad SMARTS) is 1. The van der Waals surface area contributed by atoms with Gasteiger partial charge in [-0.3, -0.25) is 0 Å². The molecule has 0 aliphatic heterocycles. The molecule has 1 aliphatic carbocycles. The molecular formula is C12H18N2O2S. The van der Waals surface area contributed by atoms with Crippen LogP contribution in [0.15, 0.2) is 5.38 Å². The second-order valence-corrected chi connectivity index (χ2v) is 5.71. The smallest absolute Gasteiger partial charge is 0.148 e. The van der Waals surface area contributed by atoms with Gasteiger partial charge >= 0.3 is 0 Å². The first kappa shape index (κ1) is 12.5. The Hall–Kier alpha value is -0.940. The molecule has 1 aromatic heterocycles. The van der Waals surface area contributed by atoms with Crippen LogP contribution in [0.5, 0.6) is 0 Å². The molecule has 1 fully saturated rings. The Kier molecular flexibility index (Phi) is 4.12. The first-order chi connectivity index (χ1) is 8.16. The minimum atomic E-state index is -1.18. The normalized spacial score (nSPS) is 19.1. The van der Waals surface area contributed by atoms with Crippen molar-refractivity contribution in [2.45, 2.75) is 44.7 Å². The standard InChI is InChI=1S/C12H18N2O2S/c1-14(9-5-3-2-4-6-9)7-11-13-10(8-17-11)12(15)16/h8-9H,2-7H2,1H3,(H,15,16). The largest absolute Gasteiger partial charge is 0.543 e. The van der Waals surface area contributed by atoms with Crippen molar-refractivity contribution in [2.24, 2.45) is 0 Å². The molecule has 0 spiro atoms. The molecule has 0 radical (unpaired) electrons. The Labute approximate surface area is 105 Å². The number of carbonyl (C=O) groups is 1. The van der Waals surface area contributed by atoms with E-state index in [-0.39, 0.29) is 5.69 Å². The second-order valence-electron chi connectivity index (χ2n) is 4.77. The Balaban J connectivity index is 1.92. The molecule has 2 rings (SSSR count). The summed E-state index contributed by atoms with van der Waals surface area (Å²) in [4.78, 5) is 16.2. The maximum Gasteiger partial charge on any atom is 0.148 e. The lowest BCUT2D eigenvalue weighted by atomic mass is 9.94. The van der Waals surface area contributed by atoms with E-state index in [1.54, 1.807) is 5.38 Å². The van der Waals surface area contributed by atoms with Gasteiger partial charge in [-0.1, -0.05) is 6.42 Å². The fourth-order valence-electron chi connectivity index (χ4n) is 2.46. The van der Waals surface area contributed by atoms with Crippen molar-refractivity contribution in [1.82, 2.24) is 4.98 Å². The van der Waals surface area contributed by atoms with Crippen molar-refractivity contribution in [3.8, 4) is 0 Å². The molecule has 1 aliphatic rings. The summed E-state index contributed by atoms with van der Waals surface area (Å²) >= 11 is 1.42. The molecule has 1 aromatic rings.